The maximum Gasteiger partial charge on any atom is 0.198 e. The molecule has 2 aromatic heterocycles. The van der Waals surface area contributed by atoms with Crippen LogP contribution in [0.5, 0.6) is 0 Å². The molecule has 1 radical (unpaired) electrons. The summed E-state index contributed by atoms with van der Waals surface area (Å²) in [6.07, 6.45) is 4.25. The molecule has 2 heterocycles. The third-order valence-corrected chi connectivity index (χ3v) is 2.20. The van der Waals surface area contributed by atoms with Crippen LogP contribution in [0.25, 0.3) is 10.6 Å². The molecule has 0 saturated heterocycles. The van der Waals surface area contributed by atoms with Crippen molar-refractivity contribution < 1.29 is 0 Å². The molecule has 0 N–H and O–H groups in total. The summed E-state index contributed by atoms with van der Waals surface area (Å²) in [5, 5.41) is 2.03. The number of nitrogens with zero attached hydrogens (tertiary/aromatic N) is 2. The number of aromatic nitrogens is 2. The van der Waals surface area contributed by atoms with E-state index in [1.807, 2.05) is 23.6 Å². The molecule has 0 fully saturated rings. The molecule has 0 amide bonds. The van der Waals surface area contributed by atoms with Gasteiger partial charge in [0.05, 0.1) is 10.6 Å². The first kappa shape index (κ1) is 6.49. The quantitative estimate of drug-likeness (QED) is 0.639. The average Bonchev–Trinajstić information content (AvgIpc) is 2.58. The van der Waals surface area contributed by atoms with E-state index in [4.69, 9.17) is 0 Å². The summed E-state index contributed by atoms with van der Waals surface area (Å²) in [5.41, 5.74) is 0.940. The summed E-state index contributed by atoms with van der Waals surface area (Å²) in [6, 6.07) is 5.91. The third kappa shape index (κ3) is 1.28. The molecule has 0 aliphatic heterocycles. The standard InChI is InChI=1S/C8H5N2S/c1-2-8(11-5-1)7-3-4-9-6-10-7/h1-5H. The van der Waals surface area contributed by atoms with E-state index in [9.17, 15) is 0 Å². The monoisotopic (exact) mass is 161 g/mol. The van der Waals surface area contributed by atoms with Crippen LogP contribution in [0.2, 0.25) is 0 Å². The maximum atomic E-state index is 4.00. The zero-order valence-electron chi connectivity index (χ0n) is 5.69. The smallest absolute Gasteiger partial charge is 0.198 e. The van der Waals surface area contributed by atoms with Crippen LogP contribution >= 0.6 is 11.3 Å². The van der Waals surface area contributed by atoms with Crippen molar-refractivity contribution in [1.82, 2.24) is 9.97 Å². The highest BCUT2D eigenvalue weighted by Crippen LogP contribution is 2.20. The predicted octanol–water partition coefficient (Wildman–Crippen LogP) is 2.01. The fourth-order valence-electron chi connectivity index (χ4n) is 0.823. The molecule has 3 heteroatoms. The first-order valence-electron chi connectivity index (χ1n) is 3.20. The van der Waals surface area contributed by atoms with Gasteiger partial charge in [0, 0.05) is 6.20 Å². The molecule has 53 valence electrons. The van der Waals surface area contributed by atoms with E-state index in [2.05, 4.69) is 16.3 Å². The van der Waals surface area contributed by atoms with Gasteiger partial charge in [-0.25, -0.2) is 9.97 Å². The fraction of sp³-hybridized carbons (Fsp3) is 0. The Bertz CT molecular complexity index is 315. The third-order valence-electron chi connectivity index (χ3n) is 1.31. The van der Waals surface area contributed by atoms with Crippen LogP contribution in [0, 0.1) is 6.33 Å². The van der Waals surface area contributed by atoms with Gasteiger partial charge in [-0.2, -0.15) is 0 Å². The van der Waals surface area contributed by atoms with E-state index < -0.39 is 0 Å². The number of rotatable bonds is 1. The molecular weight excluding hydrogens is 156 g/mol. The largest absolute Gasteiger partial charge is 0.234 e. The lowest BCUT2D eigenvalue weighted by Crippen LogP contribution is -1.79. The summed E-state index contributed by atoms with van der Waals surface area (Å²) in [6.45, 7) is 0. The van der Waals surface area contributed by atoms with Crippen LogP contribution in [0.4, 0.5) is 0 Å². The van der Waals surface area contributed by atoms with E-state index in [1.54, 1.807) is 17.5 Å². The molecule has 2 aromatic rings. The van der Waals surface area contributed by atoms with Gasteiger partial charge >= 0.3 is 0 Å². The van der Waals surface area contributed by atoms with Crippen molar-refractivity contribution in [2.75, 3.05) is 0 Å². The molecule has 0 saturated carbocycles. The molecule has 2 rings (SSSR count). The Balaban J connectivity index is 2.46. The first-order valence-corrected chi connectivity index (χ1v) is 4.08. The second-order valence-corrected chi connectivity index (χ2v) is 2.97. The Morgan fingerprint density at radius 2 is 2.36 bits per heavy atom. The Labute approximate surface area is 68.6 Å². The van der Waals surface area contributed by atoms with Crippen LogP contribution in [-0.4, -0.2) is 9.97 Å². The maximum absolute atomic E-state index is 4.00. The van der Waals surface area contributed by atoms with Crippen molar-refractivity contribution in [2.24, 2.45) is 0 Å². The Hall–Kier alpha value is -1.22. The minimum atomic E-state index is 0.940. The van der Waals surface area contributed by atoms with Gasteiger partial charge < -0.3 is 0 Å². The van der Waals surface area contributed by atoms with Crippen molar-refractivity contribution in [1.29, 1.82) is 0 Å². The molecular formula is C8H5N2S. The molecule has 0 bridgehead atoms. The van der Waals surface area contributed by atoms with E-state index in [1.165, 1.54) is 0 Å². The molecule has 2 nitrogen and oxygen atoms in total. The minimum Gasteiger partial charge on any atom is -0.234 e. The summed E-state index contributed by atoms with van der Waals surface area (Å²) in [5.74, 6) is 0. The second-order valence-electron chi connectivity index (χ2n) is 2.02. The molecule has 0 spiro atoms. The highest BCUT2D eigenvalue weighted by molar-refractivity contribution is 7.13. The zero-order valence-corrected chi connectivity index (χ0v) is 6.51. The van der Waals surface area contributed by atoms with Crippen LogP contribution in [-0.2, 0) is 0 Å². The van der Waals surface area contributed by atoms with Crippen LogP contribution in [0.15, 0.2) is 29.8 Å². The van der Waals surface area contributed by atoms with Crippen LogP contribution in [0.1, 0.15) is 0 Å². The molecule has 0 unspecified atom stereocenters. The van der Waals surface area contributed by atoms with Gasteiger partial charge in [-0.05, 0) is 17.5 Å². The summed E-state index contributed by atoms with van der Waals surface area (Å²) in [7, 11) is 0. The molecule has 0 aliphatic rings. The van der Waals surface area contributed by atoms with Crippen molar-refractivity contribution >= 4 is 11.3 Å². The molecule has 11 heavy (non-hydrogen) atoms. The highest BCUT2D eigenvalue weighted by Gasteiger charge is 1.96. The van der Waals surface area contributed by atoms with E-state index in [0.29, 0.717) is 0 Å². The summed E-state index contributed by atoms with van der Waals surface area (Å²) in [4.78, 5) is 8.88. The van der Waals surface area contributed by atoms with Gasteiger partial charge in [0.25, 0.3) is 0 Å². The van der Waals surface area contributed by atoms with Gasteiger partial charge in [0.15, 0.2) is 6.33 Å². The SMILES string of the molecule is [c]1nccc(-c2cccs2)n1. The molecule has 0 atom stereocenters. The Kier molecular flexibility index (Phi) is 1.65. The minimum absolute atomic E-state index is 0.940. The second kappa shape index (κ2) is 2.80. The Morgan fingerprint density at radius 1 is 1.36 bits per heavy atom. The first-order chi connectivity index (χ1) is 5.47. The van der Waals surface area contributed by atoms with Gasteiger partial charge in [-0.3, -0.25) is 0 Å². The van der Waals surface area contributed by atoms with Gasteiger partial charge in [0.1, 0.15) is 0 Å². The molecule has 0 aromatic carbocycles. The van der Waals surface area contributed by atoms with Gasteiger partial charge in [0.2, 0.25) is 0 Å². The molecule has 0 aliphatic carbocycles. The van der Waals surface area contributed by atoms with Crippen LogP contribution < -0.4 is 0 Å². The Morgan fingerprint density at radius 3 is 3.00 bits per heavy atom. The normalized spacial score (nSPS) is 9.82. The topological polar surface area (TPSA) is 25.8 Å². The number of hydrogen-bond acceptors (Lipinski definition) is 3. The van der Waals surface area contributed by atoms with Gasteiger partial charge in [-0.15, -0.1) is 11.3 Å². The highest BCUT2D eigenvalue weighted by atomic mass is 32.1. The fourth-order valence-corrected chi connectivity index (χ4v) is 1.52. The van der Waals surface area contributed by atoms with Crippen molar-refractivity contribution in [3.8, 4) is 10.6 Å². The summed E-state index contributed by atoms with van der Waals surface area (Å²) >= 11 is 1.67. The lowest BCUT2D eigenvalue weighted by molar-refractivity contribution is 1.16. The number of hydrogen-bond donors (Lipinski definition) is 0. The predicted molar refractivity (Wildman–Crippen MR) is 44.2 cm³/mol. The zero-order chi connectivity index (χ0) is 7.52. The van der Waals surface area contributed by atoms with E-state index >= 15 is 0 Å². The summed E-state index contributed by atoms with van der Waals surface area (Å²) < 4.78 is 0. The van der Waals surface area contributed by atoms with E-state index in [0.717, 1.165) is 10.6 Å². The van der Waals surface area contributed by atoms with Crippen molar-refractivity contribution in [3.05, 3.63) is 36.1 Å². The lowest BCUT2D eigenvalue weighted by Gasteiger charge is -1.90. The van der Waals surface area contributed by atoms with Gasteiger partial charge in [-0.1, -0.05) is 6.07 Å². The van der Waals surface area contributed by atoms with Crippen molar-refractivity contribution in [2.45, 2.75) is 0 Å². The lowest BCUT2D eigenvalue weighted by atomic mass is 10.3. The van der Waals surface area contributed by atoms with Crippen molar-refractivity contribution in [3.63, 3.8) is 0 Å². The van der Waals surface area contributed by atoms with Crippen LogP contribution in [0.3, 0.4) is 0 Å². The average molecular weight is 161 g/mol. The number of thiophene rings is 1. The van der Waals surface area contributed by atoms with E-state index in [-0.39, 0.29) is 0 Å².